The minimum Gasteiger partial charge on any atom is -0.249 e. The minimum absolute atomic E-state index is 0.359. The Morgan fingerprint density at radius 1 is 1.38 bits per heavy atom. The lowest BCUT2D eigenvalue weighted by Gasteiger charge is -2.42. The molecule has 2 rings (SSSR count). The van der Waals surface area contributed by atoms with E-state index in [1.807, 2.05) is 6.20 Å². The molecule has 1 aliphatic carbocycles. The molecule has 1 heterocycles. The summed E-state index contributed by atoms with van der Waals surface area (Å²) < 4.78 is 0. The molecule has 0 spiro atoms. The van der Waals surface area contributed by atoms with Gasteiger partial charge in [0.15, 0.2) is 0 Å². The Balaban J connectivity index is 2.28. The molecule has 0 aliphatic heterocycles. The van der Waals surface area contributed by atoms with Crippen molar-refractivity contribution < 1.29 is 0 Å². The summed E-state index contributed by atoms with van der Waals surface area (Å²) in [7, 11) is 0. The van der Waals surface area contributed by atoms with E-state index in [1.165, 1.54) is 24.3 Å². The Hall–Kier alpha value is -0.0200. The van der Waals surface area contributed by atoms with Crippen LogP contribution in [0.2, 0.25) is 0 Å². The number of thiol groups is 1. The van der Waals surface area contributed by atoms with E-state index >= 15 is 0 Å². The van der Waals surface area contributed by atoms with Crippen LogP contribution in [-0.2, 0) is 0 Å². The maximum atomic E-state index is 4.80. The van der Waals surface area contributed by atoms with E-state index in [-0.39, 0.29) is 0 Å². The second-order valence-electron chi connectivity index (χ2n) is 5.87. The van der Waals surface area contributed by atoms with Gasteiger partial charge in [-0.15, -0.1) is 11.3 Å². The molecule has 1 aliphatic rings. The van der Waals surface area contributed by atoms with Gasteiger partial charge in [-0.3, -0.25) is 0 Å². The highest BCUT2D eigenvalue weighted by atomic mass is 32.1. The maximum Gasteiger partial charge on any atom is 0.0969 e. The molecule has 0 N–H and O–H groups in total. The summed E-state index contributed by atoms with van der Waals surface area (Å²) in [4.78, 5) is 4.52. The average Bonchev–Trinajstić information content (AvgIpc) is 2.68. The third kappa shape index (κ3) is 2.45. The highest BCUT2D eigenvalue weighted by Crippen LogP contribution is 2.48. The van der Waals surface area contributed by atoms with Crippen LogP contribution >= 0.6 is 24.0 Å². The third-order valence-corrected chi connectivity index (χ3v) is 5.17. The van der Waals surface area contributed by atoms with E-state index in [9.17, 15) is 0 Å². The molecule has 1 nitrogen and oxygen atoms in total. The van der Waals surface area contributed by atoms with Crippen LogP contribution in [-0.4, -0.2) is 10.2 Å². The molecular weight excluding hydrogens is 234 g/mol. The Morgan fingerprint density at radius 3 is 2.69 bits per heavy atom. The third-order valence-electron chi connectivity index (χ3n) is 3.71. The average molecular weight is 255 g/mol. The van der Waals surface area contributed by atoms with Gasteiger partial charge in [0.1, 0.15) is 0 Å². The Kier molecular flexibility index (Phi) is 3.65. The van der Waals surface area contributed by atoms with Crippen molar-refractivity contribution in [1.29, 1.82) is 0 Å². The van der Waals surface area contributed by atoms with E-state index in [0.29, 0.717) is 16.6 Å². The van der Waals surface area contributed by atoms with Gasteiger partial charge >= 0.3 is 0 Å². The van der Waals surface area contributed by atoms with Crippen LogP contribution in [0.15, 0.2) is 11.6 Å². The number of thiazole rings is 1. The van der Waals surface area contributed by atoms with Gasteiger partial charge in [-0.25, -0.2) is 4.98 Å². The lowest BCUT2D eigenvalue weighted by Crippen LogP contribution is -2.35. The van der Waals surface area contributed by atoms with Gasteiger partial charge in [-0.2, -0.15) is 12.6 Å². The molecule has 3 heteroatoms. The normalized spacial score (nSPS) is 31.6. The zero-order chi connectivity index (χ0) is 11.8. The van der Waals surface area contributed by atoms with Gasteiger partial charge in [0.2, 0.25) is 0 Å². The lowest BCUT2D eigenvalue weighted by atomic mass is 9.66. The smallest absolute Gasteiger partial charge is 0.0969 e. The van der Waals surface area contributed by atoms with E-state index in [2.05, 4.69) is 31.1 Å². The van der Waals surface area contributed by atoms with E-state index in [4.69, 9.17) is 12.6 Å². The zero-order valence-electron chi connectivity index (χ0n) is 10.3. The fourth-order valence-corrected chi connectivity index (χ4v) is 4.38. The predicted molar refractivity (Wildman–Crippen MR) is 74.4 cm³/mol. The van der Waals surface area contributed by atoms with Crippen molar-refractivity contribution in [3.63, 3.8) is 0 Å². The van der Waals surface area contributed by atoms with Crippen molar-refractivity contribution >= 4 is 24.0 Å². The molecule has 0 bridgehead atoms. The molecule has 16 heavy (non-hydrogen) atoms. The van der Waals surface area contributed by atoms with Gasteiger partial charge in [0.25, 0.3) is 0 Å². The lowest BCUT2D eigenvalue weighted by molar-refractivity contribution is 0.155. The molecule has 3 unspecified atom stereocenters. The van der Waals surface area contributed by atoms with Crippen molar-refractivity contribution in [3.8, 4) is 0 Å². The summed E-state index contributed by atoms with van der Waals surface area (Å²) >= 11 is 6.59. The van der Waals surface area contributed by atoms with Gasteiger partial charge < -0.3 is 0 Å². The standard InChI is InChI=1S/C13H21NS2/c1-13(2,3)9-5-4-6-10(15)11(9)12-14-7-8-16-12/h7-11,15H,4-6H2,1-3H3. The summed E-state index contributed by atoms with van der Waals surface area (Å²) in [5.74, 6) is 1.27. The van der Waals surface area contributed by atoms with Gasteiger partial charge in [0.05, 0.1) is 5.01 Å². The summed E-state index contributed by atoms with van der Waals surface area (Å²) in [5.41, 5.74) is 0.359. The quantitative estimate of drug-likeness (QED) is 0.735. The van der Waals surface area contributed by atoms with Crippen molar-refractivity contribution in [3.05, 3.63) is 16.6 Å². The molecule has 3 atom stereocenters. The zero-order valence-corrected chi connectivity index (χ0v) is 12.0. The second-order valence-corrected chi connectivity index (χ2v) is 7.46. The van der Waals surface area contributed by atoms with Crippen LogP contribution in [0.1, 0.15) is 51.0 Å². The van der Waals surface area contributed by atoms with Crippen LogP contribution in [0.3, 0.4) is 0 Å². The molecule has 0 amide bonds. The molecule has 1 saturated carbocycles. The van der Waals surface area contributed by atoms with Gasteiger partial charge in [-0.1, -0.05) is 27.2 Å². The number of hydrogen-bond acceptors (Lipinski definition) is 3. The topological polar surface area (TPSA) is 12.9 Å². The highest BCUT2D eigenvalue weighted by molar-refractivity contribution is 7.81. The van der Waals surface area contributed by atoms with E-state index < -0.39 is 0 Å². The van der Waals surface area contributed by atoms with E-state index in [0.717, 1.165) is 5.92 Å². The fourth-order valence-electron chi connectivity index (χ4n) is 2.88. The molecule has 0 radical (unpaired) electrons. The number of hydrogen-bond donors (Lipinski definition) is 1. The van der Waals surface area contributed by atoms with Crippen molar-refractivity contribution in [2.24, 2.45) is 11.3 Å². The number of rotatable bonds is 1. The molecule has 1 aromatic heterocycles. The fraction of sp³-hybridized carbons (Fsp3) is 0.769. The van der Waals surface area contributed by atoms with Crippen molar-refractivity contribution in [2.75, 3.05) is 0 Å². The summed E-state index contributed by atoms with van der Waals surface area (Å²) in [6, 6.07) is 0. The minimum atomic E-state index is 0.359. The van der Waals surface area contributed by atoms with Crippen LogP contribution in [0.5, 0.6) is 0 Å². The first-order chi connectivity index (χ1) is 7.50. The SMILES string of the molecule is CC(C)(C)C1CCCC(S)C1c1nccs1. The Bertz CT molecular complexity index is 326. The predicted octanol–water partition coefficient (Wildman–Crippen LogP) is 4.37. The van der Waals surface area contributed by atoms with Crippen molar-refractivity contribution in [2.45, 2.75) is 51.2 Å². The number of nitrogens with zero attached hydrogens (tertiary/aromatic N) is 1. The molecule has 0 saturated heterocycles. The highest BCUT2D eigenvalue weighted by Gasteiger charge is 2.40. The molecule has 90 valence electrons. The monoisotopic (exact) mass is 255 g/mol. The molecule has 1 fully saturated rings. The summed E-state index contributed by atoms with van der Waals surface area (Å²) in [6.45, 7) is 7.05. The second kappa shape index (κ2) is 4.69. The molecule has 0 aromatic carbocycles. The largest absolute Gasteiger partial charge is 0.249 e. The Morgan fingerprint density at radius 2 is 2.12 bits per heavy atom. The van der Waals surface area contributed by atoms with Crippen LogP contribution in [0.25, 0.3) is 0 Å². The van der Waals surface area contributed by atoms with E-state index in [1.54, 1.807) is 11.3 Å². The van der Waals surface area contributed by atoms with Crippen LogP contribution < -0.4 is 0 Å². The maximum absolute atomic E-state index is 4.80. The first-order valence-electron chi connectivity index (χ1n) is 6.07. The summed E-state index contributed by atoms with van der Waals surface area (Å²) in [5, 5.41) is 3.87. The number of aromatic nitrogens is 1. The first-order valence-corrected chi connectivity index (χ1v) is 7.47. The Labute approximate surface area is 108 Å². The van der Waals surface area contributed by atoms with Crippen molar-refractivity contribution in [1.82, 2.24) is 4.98 Å². The van der Waals surface area contributed by atoms with Gasteiger partial charge in [-0.05, 0) is 24.2 Å². The molecule has 1 aromatic rings. The van der Waals surface area contributed by atoms with Crippen LogP contribution in [0, 0.1) is 11.3 Å². The summed E-state index contributed by atoms with van der Waals surface area (Å²) in [6.07, 6.45) is 5.80. The molecular formula is C13H21NS2. The van der Waals surface area contributed by atoms with Crippen LogP contribution in [0.4, 0.5) is 0 Å². The van der Waals surface area contributed by atoms with Gasteiger partial charge in [0, 0.05) is 22.7 Å². The first kappa shape index (κ1) is 12.4.